The molecule has 2 aromatic carbocycles. The molecule has 2 aromatic rings. The summed E-state index contributed by atoms with van der Waals surface area (Å²) in [7, 11) is 0. The van der Waals surface area contributed by atoms with E-state index in [9.17, 15) is 14.7 Å². The van der Waals surface area contributed by atoms with Crippen LogP contribution in [-0.4, -0.2) is 53.7 Å². The van der Waals surface area contributed by atoms with Crippen molar-refractivity contribution >= 4 is 17.6 Å². The molecule has 0 unspecified atom stereocenters. The molecule has 4 rings (SSSR count). The minimum absolute atomic E-state index is 0.101. The maximum atomic E-state index is 13.1. The fraction of sp³-hybridized carbons (Fsp3) is 0.364. The van der Waals surface area contributed by atoms with Gasteiger partial charge in [-0.05, 0) is 36.6 Å². The van der Waals surface area contributed by atoms with E-state index < -0.39 is 11.5 Å². The molecule has 7 nitrogen and oxygen atoms in total. The molecule has 152 valence electrons. The van der Waals surface area contributed by atoms with Crippen LogP contribution in [0.15, 0.2) is 48.5 Å². The highest BCUT2D eigenvalue weighted by Crippen LogP contribution is 2.43. The molecular weight excluding hydrogens is 372 g/mol. The summed E-state index contributed by atoms with van der Waals surface area (Å²) in [4.78, 5) is 26.7. The zero-order valence-electron chi connectivity index (χ0n) is 16.1. The number of nitrogens with zero attached hydrogens (tertiary/aromatic N) is 1. The highest BCUT2D eigenvalue weighted by atomic mass is 16.5. The number of ether oxygens (including phenoxy) is 2. The molecule has 1 amide bonds. The van der Waals surface area contributed by atoms with E-state index in [1.807, 2.05) is 30.3 Å². The van der Waals surface area contributed by atoms with Crippen LogP contribution in [0.5, 0.6) is 5.75 Å². The number of amides is 1. The second-order valence-electron chi connectivity index (χ2n) is 7.38. The molecule has 1 saturated carbocycles. The third-order valence-corrected chi connectivity index (χ3v) is 5.47. The second-order valence-corrected chi connectivity index (χ2v) is 7.38. The minimum atomic E-state index is -1.05. The molecule has 1 saturated heterocycles. The lowest BCUT2D eigenvalue weighted by molar-refractivity contribution is -0.124. The molecule has 0 bridgehead atoms. The lowest BCUT2D eigenvalue weighted by Gasteiger charge is -2.33. The quantitative estimate of drug-likeness (QED) is 0.748. The third-order valence-electron chi connectivity index (χ3n) is 5.47. The molecule has 2 N–H and O–H groups in total. The van der Waals surface area contributed by atoms with Crippen molar-refractivity contribution in [3.8, 4) is 5.75 Å². The molecule has 2 aliphatic rings. The number of rotatable bonds is 7. The molecule has 2 fully saturated rings. The summed E-state index contributed by atoms with van der Waals surface area (Å²) < 4.78 is 11.3. The fourth-order valence-corrected chi connectivity index (χ4v) is 3.66. The van der Waals surface area contributed by atoms with Gasteiger partial charge in [0.15, 0.2) is 0 Å². The summed E-state index contributed by atoms with van der Waals surface area (Å²) in [6.45, 7) is 3.01. The predicted octanol–water partition coefficient (Wildman–Crippen LogP) is 2.77. The van der Waals surface area contributed by atoms with Crippen molar-refractivity contribution in [3.63, 3.8) is 0 Å². The monoisotopic (exact) mass is 396 g/mol. The van der Waals surface area contributed by atoms with Crippen molar-refractivity contribution < 1.29 is 24.2 Å². The van der Waals surface area contributed by atoms with Crippen LogP contribution in [0.2, 0.25) is 0 Å². The van der Waals surface area contributed by atoms with Gasteiger partial charge >= 0.3 is 5.97 Å². The largest absolute Gasteiger partial charge is 0.487 e. The van der Waals surface area contributed by atoms with Gasteiger partial charge in [-0.25, -0.2) is 4.79 Å². The molecule has 29 heavy (non-hydrogen) atoms. The standard InChI is InChI=1S/C22H24N2O5/c25-20(26)17-6-7-19(29-15-16-4-2-1-3-5-16)18(14-17)23-21(27)22(8-9-22)24-10-12-28-13-11-24/h1-7,14H,8-13,15H2,(H,23,27)(H,25,26). The molecule has 0 atom stereocenters. The topological polar surface area (TPSA) is 88.1 Å². The maximum Gasteiger partial charge on any atom is 0.335 e. The number of carboxylic acid groups (broad SMARTS) is 1. The Morgan fingerprint density at radius 3 is 2.48 bits per heavy atom. The van der Waals surface area contributed by atoms with Crippen LogP contribution in [0.4, 0.5) is 5.69 Å². The first kappa shape index (κ1) is 19.4. The van der Waals surface area contributed by atoms with E-state index in [-0.39, 0.29) is 11.5 Å². The number of anilines is 1. The number of carboxylic acids is 1. The van der Waals surface area contributed by atoms with Crippen LogP contribution in [0.3, 0.4) is 0 Å². The number of aromatic carboxylic acids is 1. The van der Waals surface area contributed by atoms with E-state index in [0.717, 1.165) is 31.5 Å². The van der Waals surface area contributed by atoms with E-state index in [0.29, 0.717) is 31.3 Å². The Morgan fingerprint density at radius 1 is 1.10 bits per heavy atom. The van der Waals surface area contributed by atoms with Crippen LogP contribution in [0, 0.1) is 0 Å². The summed E-state index contributed by atoms with van der Waals surface area (Å²) in [5, 5.41) is 12.3. The number of carbonyl (C=O) groups excluding carboxylic acids is 1. The molecule has 1 aliphatic heterocycles. The van der Waals surface area contributed by atoms with Crippen LogP contribution in [0.25, 0.3) is 0 Å². The zero-order valence-corrected chi connectivity index (χ0v) is 16.1. The van der Waals surface area contributed by atoms with Gasteiger partial charge in [0.25, 0.3) is 0 Å². The van der Waals surface area contributed by atoms with Gasteiger partial charge in [-0.2, -0.15) is 0 Å². The molecular formula is C22H24N2O5. The number of nitrogens with one attached hydrogen (secondary N) is 1. The maximum absolute atomic E-state index is 13.1. The van der Waals surface area contributed by atoms with Gasteiger partial charge in [-0.1, -0.05) is 30.3 Å². The summed E-state index contributed by atoms with van der Waals surface area (Å²) in [6, 6.07) is 14.2. The van der Waals surface area contributed by atoms with Gasteiger partial charge in [-0.15, -0.1) is 0 Å². The second kappa shape index (κ2) is 8.23. The Morgan fingerprint density at radius 2 is 1.83 bits per heavy atom. The Labute approximate surface area is 169 Å². The van der Waals surface area contributed by atoms with Gasteiger partial charge in [0.2, 0.25) is 5.91 Å². The average molecular weight is 396 g/mol. The van der Waals surface area contributed by atoms with Crippen LogP contribution in [-0.2, 0) is 16.1 Å². The smallest absolute Gasteiger partial charge is 0.335 e. The number of hydrogen-bond donors (Lipinski definition) is 2. The number of carbonyl (C=O) groups is 2. The molecule has 0 aromatic heterocycles. The van der Waals surface area contributed by atoms with Crippen molar-refractivity contribution in [3.05, 3.63) is 59.7 Å². The van der Waals surface area contributed by atoms with Gasteiger partial charge in [0, 0.05) is 13.1 Å². The van der Waals surface area contributed by atoms with Gasteiger partial charge in [-0.3, -0.25) is 9.69 Å². The molecule has 1 heterocycles. The summed E-state index contributed by atoms with van der Waals surface area (Å²) >= 11 is 0. The lowest BCUT2D eigenvalue weighted by Crippen LogP contribution is -2.51. The van der Waals surface area contributed by atoms with E-state index in [1.54, 1.807) is 6.07 Å². The van der Waals surface area contributed by atoms with Crippen molar-refractivity contribution in [2.75, 3.05) is 31.6 Å². The molecule has 7 heteroatoms. The van der Waals surface area contributed by atoms with Crippen molar-refractivity contribution in [2.24, 2.45) is 0 Å². The van der Waals surface area contributed by atoms with E-state index in [1.165, 1.54) is 12.1 Å². The van der Waals surface area contributed by atoms with E-state index >= 15 is 0 Å². The number of hydrogen-bond acceptors (Lipinski definition) is 5. The van der Waals surface area contributed by atoms with Gasteiger partial charge < -0.3 is 19.9 Å². The first-order valence-electron chi connectivity index (χ1n) is 9.77. The Bertz CT molecular complexity index is 889. The summed E-state index contributed by atoms with van der Waals surface area (Å²) in [6.07, 6.45) is 1.58. The predicted molar refractivity (Wildman–Crippen MR) is 107 cm³/mol. The van der Waals surface area contributed by atoms with Crippen molar-refractivity contribution in [2.45, 2.75) is 25.0 Å². The molecule has 0 radical (unpaired) electrons. The highest BCUT2D eigenvalue weighted by Gasteiger charge is 2.54. The first-order valence-corrected chi connectivity index (χ1v) is 9.77. The SMILES string of the molecule is O=C(O)c1ccc(OCc2ccccc2)c(NC(=O)C2(N3CCOCC3)CC2)c1. The first-order chi connectivity index (χ1) is 14.1. The van der Waals surface area contributed by atoms with Crippen LogP contribution >= 0.6 is 0 Å². The Hall–Kier alpha value is -2.90. The van der Waals surface area contributed by atoms with E-state index in [2.05, 4.69) is 10.2 Å². The molecule has 1 aliphatic carbocycles. The summed E-state index contributed by atoms with van der Waals surface area (Å²) in [5.41, 5.74) is 0.938. The van der Waals surface area contributed by atoms with Crippen LogP contribution < -0.4 is 10.1 Å². The summed E-state index contributed by atoms with van der Waals surface area (Å²) in [5.74, 6) is -0.721. The molecule has 0 spiro atoms. The van der Waals surface area contributed by atoms with Crippen molar-refractivity contribution in [1.82, 2.24) is 4.90 Å². The number of benzene rings is 2. The highest BCUT2D eigenvalue weighted by molar-refractivity contribution is 6.02. The minimum Gasteiger partial charge on any atom is -0.487 e. The normalized spacial score (nSPS) is 18.1. The van der Waals surface area contributed by atoms with Crippen LogP contribution in [0.1, 0.15) is 28.8 Å². The lowest BCUT2D eigenvalue weighted by atomic mass is 10.1. The van der Waals surface area contributed by atoms with Crippen molar-refractivity contribution in [1.29, 1.82) is 0 Å². The number of morpholine rings is 1. The average Bonchev–Trinajstić information content (AvgIpc) is 3.56. The fourth-order valence-electron chi connectivity index (χ4n) is 3.66. The zero-order chi connectivity index (χ0) is 20.3. The van der Waals surface area contributed by atoms with E-state index in [4.69, 9.17) is 9.47 Å². The third kappa shape index (κ3) is 4.26. The Kier molecular flexibility index (Phi) is 5.51. The Balaban J connectivity index is 1.53. The van der Waals surface area contributed by atoms with Gasteiger partial charge in [0.1, 0.15) is 17.9 Å². The van der Waals surface area contributed by atoms with Gasteiger partial charge in [0.05, 0.1) is 24.5 Å².